The molecule has 1 aliphatic rings. The molecule has 0 atom stereocenters. The Morgan fingerprint density at radius 2 is 1.77 bits per heavy atom. The van der Waals surface area contributed by atoms with Gasteiger partial charge in [0, 0.05) is 37.3 Å². The first-order chi connectivity index (χ1) is 15.1. The highest BCUT2D eigenvalue weighted by atomic mass is 16.5. The minimum Gasteiger partial charge on any atom is -0.493 e. The molecule has 0 saturated carbocycles. The number of ether oxygens (including phenoxy) is 2. The number of aromatic nitrogens is 2. The van der Waals surface area contributed by atoms with Gasteiger partial charge in [0.2, 0.25) is 11.7 Å². The van der Waals surface area contributed by atoms with Crippen LogP contribution in [0.25, 0.3) is 11.4 Å². The predicted octanol–water partition coefficient (Wildman–Crippen LogP) is 3.02. The van der Waals surface area contributed by atoms with Crippen LogP contribution in [0, 0.1) is 6.92 Å². The minimum atomic E-state index is -0.0137. The molecule has 4 rings (SSSR count). The van der Waals surface area contributed by atoms with Crippen molar-refractivity contribution in [3.63, 3.8) is 0 Å². The van der Waals surface area contributed by atoms with Crippen LogP contribution < -0.4 is 9.47 Å². The topological polar surface area (TPSA) is 80.9 Å². The summed E-state index contributed by atoms with van der Waals surface area (Å²) in [4.78, 5) is 21.5. The van der Waals surface area contributed by atoms with Gasteiger partial charge in [-0.05, 0) is 30.7 Å². The molecule has 1 fully saturated rings. The zero-order valence-corrected chi connectivity index (χ0v) is 18.0. The van der Waals surface area contributed by atoms with E-state index in [4.69, 9.17) is 14.0 Å². The molecule has 2 heterocycles. The maximum absolute atomic E-state index is 12.9. The lowest BCUT2D eigenvalue weighted by Gasteiger charge is -2.34. The molecular formula is C23H26N4O4. The van der Waals surface area contributed by atoms with Gasteiger partial charge in [-0.2, -0.15) is 4.98 Å². The van der Waals surface area contributed by atoms with Crippen LogP contribution in [0.15, 0.2) is 47.0 Å². The number of carbonyl (C=O) groups excluding carboxylic acids is 1. The van der Waals surface area contributed by atoms with Crippen LogP contribution in [0.5, 0.6) is 11.5 Å². The molecule has 0 unspecified atom stereocenters. The predicted molar refractivity (Wildman–Crippen MR) is 115 cm³/mol. The Morgan fingerprint density at radius 1 is 1.03 bits per heavy atom. The first-order valence-electron chi connectivity index (χ1n) is 10.2. The Kier molecular flexibility index (Phi) is 6.18. The van der Waals surface area contributed by atoms with E-state index in [9.17, 15) is 4.79 Å². The van der Waals surface area contributed by atoms with Crippen LogP contribution in [-0.4, -0.2) is 66.2 Å². The molecule has 8 heteroatoms. The van der Waals surface area contributed by atoms with E-state index in [1.807, 2.05) is 36.1 Å². The van der Waals surface area contributed by atoms with Gasteiger partial charge in [0.25, 0.3) is 5.91 Å². The summed E-state index contributed by atoms with van der Waals surface area (Å²) in [6.45, 7) is 5.33. The molecule has 0 spiro atoms. The Balaban J connectivity index is 1.35. The summed E-state index contributed by atoms with van der Waals surface area (Å²) in [6.07, 6.45) is 0. The maximum atomic E-state index is 12.9. The Bertz CT molecular complexity index is 1060. The van der Waals surface area contributed by atoms with Crippen LogP contribution in [-0.2, 0) is 6.54 Å². The lowest BCUT2D eigenvalue weighted by molar-refractivity contribution is 0.0614. The largest absolute Gasteiger partial charge is 0.493 e. The third kappa shape index (κ3) is 4.54. The van der Waals surface area contributed by atoms with E-state index in [-0.39, 0.29) is 5.91 Å². The number of hydrogen-bond acceptors (Lipinski definition) is 7. The van der Waals surface area contributed by atoms with Gasteiger partial charge in [0.1, 0.15) is 0 Å². The fraction of sp³-hybridized carbons (Fsp3) is 0.348. The highest BCUT2D eigenvalue weighted by Crippen LogP contribution is 2.28. The van der Waals surface area contributed by atoms with Gasteiger partial charge in [0.15, 0.2) is 11.5 Å². The molecule has 1 aromatic heterocycles. The number of carbonyl (C=O) groups is 1. The van der Waals surface area contributed by atoms with Crippen molar-refractivity contribution in [2.45, 2.75) is 13.5 Å². The standard InChI is InChI=1S/C23H26N4O4/c1-16-6-4-5-7-18(16)22-24-21(31-25-22)15-26-10-12-27(13-11-26)23(28)17-8-9-19(29-2)20(14-17)30-3/h4-9,14H,10-13,15H2,1-3H3. The fourth-order valence-electron chi connectivity index (χ4n) is 3.70. The Morgan fingerprint density at radius 3 is 2.48 bits per heavy atom. The molecule has 0 bridgehead atoms. The fourth-order valence-corrected chi connectivity index (χ4v) is 3.70. The molecule has 1 aliphatic heterocycles. The van der Waals surface area contributed by atoms with Gasteiger partial charge in [-0.25, -0.2) is 0 Å². The van der Waals surface area contributed by atoms with E-state index in [1.54, 1.807) is 32.4 Å². The van der Waals surface area contributed by atoms with Crippen molar-refractivity contribution in [2.75, 3.05) is 40.4 Å². The van der Waals surface area contributed by atoms with Crippen molar-refractivity contribution in [2.24, 2.45) is 0 Å². The van der Waals surface area contributed by atoms with Gasteiger partial charge >= 0.3 is 0 Å². The summed E-state index contributed by atoms with van der Waals surface area (Å²) >= 11 is 0. The summed E-state index contributed by atoms with van der Waals surface area (Å²) in [5, 5.41) is 4.13. The average Bonchev–Trinajstić information content (AvgIpc) is 3.27. The number of methoxy groups -OCH3 is 2. The zero-order chi connectivity index (χ0) is 21.8. The van der Waals surface area contributed by atoms with Crippen LogP contribution in [0.2, 0.25) is 0 Å². The monoisotopic (exact) mass is 422 g/mol. The Hall–Kier alpha value is -3.39. The van der Waals surface area contributed by atoms with Crippen LogP contribution in [0.1, 0.15) is 21.8 Å². The zero-order valence-electron chi connectivity index (χ0n) is 18.0. The first kappa shape index (κ1) is 20.9. The van der Waals surface area contributed by atoms with Crippen molar-refractivity contribution < 1.29 is 18.8 Å². The van der Waals surface area contributed by atoms with Gasteiger partial charge in [-0.15, -0.1) is 0 Å². The highest BCUT2D eigenvalue weighted by Gasteiger charge is 2.24. The van der Waals surface area contributed by atoms with Gasteiger partial charge in [-0.1, -0.05) is 29.4 Å². The Labute approximate surface area is 181 Å². The normalized spacial score (nSPS) is 14.5. The number of hydrogen-bond donors (Lipinski definition) is 0. The second kappa shape index (κ2) is 9.18. The van der Waals surface area contributed by atoms with Crippen molar-refractivity contribution in [3.8, 4) is 22.9 Å². The number of nitrogens with zero attached hydrogens (tertiary/aromatic N) is 4. The van der Waals surface area contributed by atoms with Crippen LogP contribution >= 0.6 is 0 Å². The number of benzene rings is 2. The third-order valence-corrected chi connectivity index (χ3v) is 5.50. The lowest BCUT2D eigenvalue weighted by atomic mass is 10.1. The smallest absolute Gasteiger partial charge is 0.254 e. The van der Waals surface area contributed by atoms with Gasteiger partial charge in [0.05, 0.1) is 20.8 Å². The van der Waals surface area contributed by atoms with Crippen molar-refractivity contribution in [3.05, 3.63) is 59.5 Å². The summed E-state index contributed by atoms with van der Waals surface area (Å²) in [7, 11) is 3.14. The first-order valence-corrected chi connectivity index (χ1v) is 10.2. The van der Waals surface area contributed by atoms with E-state index in [0.717, 1.165) is 24.2 Å². The number of rotatable bonds is 6. The minimum absolute atomic E-state index is 0.0137. The second-order valence-corrected chi connectivity index (χ2v) is 7.46. The average molecular weight is 422 g/mol. The molecule has 0 N–H and O–H groups in total. The van der Waals surface area contributed by atoms with E-state index in [0.29, 0.717) is 48.4 Å². The molecule has 1 amide bonds. The summed E-state index contributed by atoms with van der Waals surface area (Å²) in [5.74, 6) is 2.33. The van der Waals surface area contributed by atoms with E-state index < -0.39 is 0 Å². The van der Waals surface area contributed by atoms with Gasteiger partial charge < -0.3 is 18.9 Å². The van der Waals surface area contributed by atoms with Crippen molar-refractivity contribution >= 4 is 5.91 Å². The van der Waals surface area contributed by atoms with E-state index >= 15 is 0 Å². The molecule has 31 heavy (non-hydrogen) atoms. The summed E-state index contributed by atoms with van der Waals surface area (Å²) < 4.78 is 16.0. The van der Waals surface area contributed by atoms with Crippen molar-refractivity contribution in [1.82, 2.24) is 19.9 Å². The molecule has 0 radical (unpaired) electrons. The molecule has 0 aliphatic carbocycles. The number of piperazine rings is 1. The molecule has 8 nitrogen and oxygen atoms in total. The molecular weight excluding hydrogens is 396 g/mol. The molecule has 3 aromatic rings. The maximum Gasteiger partial charge on any atom is 0.254 e. The van der Waals surface area contributed by atoms with Crippen LogP contribution in [0.3, 0.4) is 0 Å². The molecule has 2 aromatic carbocycles. The molecule has 1 saturated heterocycles. The summed E-state index contributed by atoms with van der Waals surface area (Å²) in [6, 6.07) is 13.2. The second-order valence-electron chi connectivity index (χ2n) is 7.46. The quantitative estimate of drug-likeness (QED) is 0.604. The van der Waals surface area contributed by atoms with E-state index in [2.05, 4.69) is 15.0 Å². The van der Waals surface area contributed by atoms with Gasteiger partial charge in [-0.3, -0.25) is 9.69 Å². The number of aryl methyl sites for hydroxylation is 1. The molecule has 162 valence electrons. The summed E-state index contributed by atoms with van der Waals surface area (Å²) in [5.41, 5.74) is 2.67. The number of amides is 1. The van der Waals surface area contributed by atoms with E-state index in [1.165, 1.54) is 0 Å². The third-order valence-electron chi connectivity index (χ3n) is 5.50. The lowest BCUT2D eigenvalue weighted by Crippen LogP contribution is -2.48. The highest BCUT2D eigenvalue weighted by molar-refractivity contribution is 5.95. The van der Waals surface area contributed by atoms with Crippen LogP contribution in [0.4, 0.5) is 0 Å². The van der Waals surface area contributed by atoms with Crippen molar-refractivity contribution in [1.29, 1.82) is 0 Å². The SMILES string of the molecule is COc1ccc(C(=O)N2CCN(Cc3nc(-c4ccccc4C)no3)CC2)cc1OC.